The second-order valence-electron chi connectivity index (χ2n) is 6.79. The van der Waals surface area contributed by atoms with Crippen molar-refractivity contribution in [1.82, 2.24) is 19.8 Å². The van der Waals surface area contributed by atoms with Gasteiger partial charge < -0.3 is 14.8 Å². The standard InChI is InChI=1S/C17H30N4/c1-15-6-2-3-9-20(15)10-5-11-21-14-19-13-17(21)16-7-4-8-18-12-16/h13-16,18H,2-12H2,1H3. The number of hydrogen-bond acceptors (Lipinski definition) is 3. The monoisotopic (exact) mass is 290 g/mol. The third kappa shape index (κ3) is 3.86. The second-order valence-corrected chi connectivity index (χ2v) is 6.79. The van der Waals surface area contributed by atoms with Crippen LogP contribution in [0.4, 0.5) is 0 Å². The van der Waals surface area contributed by atoms with Crippen molar-refractivity contribution in [3.05, 3.63) is 18.2 Å². The molecule has 21 heavy (non-hydrogen) atoms. The van der Waals surface area contributed by atoms with Gasteiger partial charge in [0.25, 0.3) is 0 Å². The van der Waals surface area contributed by atoms with Gasteiger partial charge in [0.15, 0.2) is 0 Å². The van der Waals surface area contributed by atoms with Crippen molar-refractivity contribution in [1.29, 1.82) is 0 Å². The van der Waals surface area contributed by atoms with Gasteiger partial charge in [-0.1, -0.05) is 6.42 Å². The van der Waals surface area contributed by atoms with Crippen molar-refractivity contribution in [2.75, 3.05) is 26.2 Å². The van der Waals surface area contributed by atoms with Crippen molar-refractivity contribution in [3.8, 4) is 0 Å². The quantitative estimate of drug-likeness (QED) is 0.905. The highest BCUT2D eigenvalue weighted by Crippen LogP contribution is 2.23. The van der Waals surface area contributed by atoms with E-state index in [0.717, 1.165) is 19.1 Å². The van der Waals surface area contributed by atoms with Gasteiger partial charge in [0, 0.05) is 43.5 Å². The first-order chi connectivity index (χ1) is 10.3. The molecule has 0 amide bonds. The summed E-state index contributed by atoms with van der Waals surface area (Å²) in [7, 11) is 0. The van der Waals surface area contributed by atoms with Crippen LogP contribution in [-0.2, 0) is 6.54 Å². The molecule has 2 aliphatic heterocycles. The predicted molar refractivity (Wildman–Crippen MR) is 86.6 cm³/mol. The molecule has 2 saturated heterocycles. The van der Waals surface area contributed by atoms with Crippen molar-refractivity contribution in [2.45, 2.75) is 64.0 Å². The molecule has 118 valence electrons. The van der Waals surface area contributed by atoms with Crippen LogP contribution in [-0.4, -0.2) is 46.7 Å². The molecular weight excluding hydrogens is 260 g/mol. The van der Waals surface area contributed by atoms with E-state index in [9.17, 15) is 0 Å². The van der Waals surface area contributed by atoms with Crippen LogP contribution in [0, 0.1) is 0 Å². The predicted octanol–water partition coefficient (Wildman–Crippen LogP) is 2.61. The fourth-order valence-electron chi connectivity index (χ4n) is 3.90. The highest BCUT2D eigenvalue weighted by Gasteiger charge is 2.20. The lowest BCUT2D eigenvalue weighted by Gasteiger charge is -2.33. The molecule has 2 unspecified atom stereocenters. The van der Waals surface area contributed by atoms with Crippen LogP contribution in [0.1, 0.15) is 57.1 Å². The molecular formula is C17H30N4. The molecule has 2 aliphatic rings. The molecule has 3 heterocycles. The molecule has 0 spiro atoms. The van der Waals surface area contributed by atoms with Gasteiger partial charge >= 0.3 is 0 Å². The van der Waals surface area contributed by atoms with Crippen LogP contribution in [0.5, 0.6) is 0 Å². The number of aromatic nitrogens is 2. The van der Waals surface area contributed by atoms with Crippen LogP contribution in [0.25, 0.3) is 0 Å². The van der Waals surface area contributed by atoms with Crippen LogP contribution < -0.4 is 5.32 Å². The Morgan fingerprint density at radius 1 is 1.24 bits per heavy atom. The minimum absolute atomic E-state index is 0.662. The number of rotatable bonds is 5. The molecule has 0 radical (unpaired) electrons. The molecule has 0 saturated carbocycles. The highest BCUT2D eigenvalue weighted by atomic mass is 15.2. The summed E-state index contributed by atoms with van der Waals surface area (Å²) in [5.41, 5.74) is 1.44. The van der Waals surface area contributed by atoms with Crippen molar-refractivity contribution in [2.24, 2.45) is 0 Å². The number of nitrogens with zero attached hydrogens (tertiary/aromatic N) is 3. The van der Waals surface area contributed by atoms with E-state index in [4.69, 9.17) is 0 Å². The molecule has 4 heteroatoms. The fraction of sp³-hybridized carbons (Fsp3) is 0.824. The molecule has 0 aromatic carbocycles. The average molecular weight is 290 g/mol. The Balaban J connectivity index is 1.50. The largest absolute Gasteiger partial charge is 0.334 e. The Labute approximate surface area is 128 Å². The number of piperidine rings is 2. The molecule has 1 N–H and O–H groups in total. The van der Waals surface area contributed by atoms with Gasteiger partial charge in [0.2, 0.25) is 0 Å². The van der Waals surface area contributed by atoms with Crippen LogP contribution in [0.2, 0.25) is 0 Å². The summed E-state index contributed by atoms with van der Waals surface area (Å²) in [4.78, 5) is 7.07. The Morgan fingerprint density at radius 2 is 2.19 bits per heavy atom. The zero-order valence-corrected chi connectivity index (χ0v) is 13.4. The van der Waals surface area contributed by atoms with Gasteiger partial charge in [-0.05, 0) is 52.1 Å². The van der Waals surface area contributed by atoms with E-state index in [-0.39, 0.29) is 0 Å². The number of nitrogens with one attached hydrogen (secondary N) is 1. The summed E-state index contributed by atoms with van der Waals surface area (Å²) in [6, 6.07) is 0.781. The van der Waals surface area contributed by atoms with Gasteiger partial charge in [-0.2, -0.15) is 0 Å². The van der Waals surface area contributed by atoms with Gasteiger partial charge in [0.05, 0.1) is 6.33 Å². The average Bonchev–Trinajstić information content (AvgIpc) is 2.99. The molecule has 1 aromatic rings. The first kappa shape index (κ1) is 15.0. The number of aryl methyl sites for hydroxylation is 1. The maximum atomic E-state index is 4.40. The molecule has 3 rings (SSSR count). The maximum Gasteiger partial charge on any atom is 0.0948 e. The van der Waals surface area contributed by atoms with Crippen LogP contribution >= 0.6 is 0 Å². The van der Waals surface area contributed by atoms with Gasteiger partial charge in [-0.3, -0.25) is 0 Å². The first-order valence-corrected chi connectivity index (χ1v) is 8.79. The topological polar surface area (TPSA) is 33.1 Å². The molecule has 4 nitrogen and oxygen atoms in total. The minimum atomic E-state index is 0.662. The van der Waals surface area contributed by atoms with E-state index in [2.05, 4.69) is 32.9 Å². The SMILES string of the molecule is CC1CCCCN1CCCn1cncc1C1CCCNC1. The van der Waals surface area contributed by atoms with E-state index in [1.807, 2.05) is 6.33 Å². The number of likely N-dealkylation sites (tertiary alicyclic amines) is 1. The van der Waals surface area contributed by atoms with Crippen molar-refractivity contribution >= 4 is 0 Å². The summed E-state index contributed by atoms with van der Waals surface area (Å²) in [5.74, 6) is 0.662. The van der Waals surface area contributed by atoms with E-state index in [1.165, 1.54) is 63.9 Å². The van der Waals surface area contributed by atoms with E-state index in [0.29, 0.717) is 5.92 Å². The van der Waals surface area contributed by atoms with Gasteiger partial charge in [0.1, 0.15) is 0 Å². The molecule has 0 aliphatic carbocycles. The Kier molecular flexibility index (Phi) is 5.31. The molecule has 0 bridgehead atoms. The second kappa shape index (κ2) is 7.41. The Morgan fingerprint density at radius 3 is 3.00 bits per heavy atom. The summed E-state index contributed by atoms with van der Waals surface area (Å²) in [5, 5.41) is 3.51. The minimum Gasteiger partial charge on any atom is -0.334 e. The van der Waals surface area contributed by atoms with E-state index in [1.54, 1.807) is 0 Å². The summed E-state index contributed by atoms with van der Waals surface area (Å²) >= 11 is 0. The lowest BCUT2D eigenvalue weighted by Crippen LogP contribution is -2.38. The lowest BCUT2D eigenvalue weighted by atomic mass is 9.96. The van der Waals surface area contributed by atoms with E-state index >= 15 is 0 Å². The summed E-state index contributed by atoms with van der Waals surface area (Å²) in [6.07, 6.45) is 12.1. The zero-order chi connectivity index (χ0) is 14.5. The Bertz CT molecular complexity index is 422. The van der Waals surface area contributed by atoms with Crippen LogP contribution in [0.3, 0.4) is 0 Å². The van der Waals surface area contributed by atoms with Crippen molar-refractivity contribution in [3.63, 3.8) is 0 Å². The zero-order valence-electron chi connectivity index (χ0n) is 13.4. The highest BCUT2D eigenvalue weighted by molar-refractivity contribution is 5.08. The van der Waals surface area contributed by atoms with Gasteiger partial charge in [-0.25, -0.2) is 4.98 Å². The lowest BCUT2D eigenvalue weighted by molar-refractivity contribution is 0.156. The summed E-state index contributed by atoms with van der Waals surface area (Å²) < 4.78 is 2.40. The Hall–Kier alpha value is -0.870. The third-order valence-electron chi connectivity index (χ3n) is 5.24. The normalized spacial score (nSPS) is 27.9. The molecule has 2 fully saturated rings. The van der Waals surface area contributed by atoms with Crippen LogP contribution in [0.15, 0.2) is 12.5 Å². The maximum absolute atomic E-state index is 4.40. The summed E-state index contributed by atoms with van der Waals surface area (Å²) in [6.45, 7) is 8.34. The smallest absolute Gasteiger partial charge is 0.0948 e. The molecule has 1 aromatic heterocycles. The van der Waals surface area contributed by atoms with E-state index < -0.39 is 0 Å². The fourth-order valence-corrected chi connectivity index (χ4v) is 3.90. The number of imidazole rings is 1. The van der Waals surface area contributed by atoms with Crippen molar-refractivity contribution < 1.29 is 0 Å². The molecule has 2 atom stereocenters. The number of hydrogen-bond donors (Lipinski definition) is 1. The van der Waals surface area contributed by atoms with Gasteiger partial charge in [-0.15, -0.1) is 0 Å². The third-order valence-corrected chi connectivity index (χ3v) is 5.24. The first-order valence-electron chi connectivity index (χ1n) is 8.79.